The molecule has 1 N–H and O–H groups in total. The van der Waals surface area contributed by atoms with E-state index in [1.807, 2.05) is 30.5 Å². The topological polar surface area (TPSA) is 28.7 Å². The van der Waals surface area contributed by atoms with Crippen molar-refractivity contribution in [1.29, 1.82) is 0 Å². The predicted molar refractivity (Wildman–Crippen MR) is 131 cm³/mol. The van der Waals surface area contributed by atoms with E-state index in [0.29, 0.717) is 0 Å². The van der Waals surface area contributed by atoms with Gasteiger partial charge in [0, 0.05) is 28.2 Å². The molecule has 0 atom stereocenters. The molecule has 0 amide bonds. The number of fused-ring (bicyclic) bond motifs is 2. The highest BCUT2D eigenvalue weighted by Crippen LogP contribution is 2.36. The molecule has 3 aromatic carbocycles. The molecule has 31 heavy (non-hydrogen) atoms. The Hall–Kier alpha value is -3.39. The molecule has 0 radical (unpaired) electrons. The number of para-hydroxylation sites is 2. The lowest BCUT2D eigenvalue weighted by Crippen LogP contribution is -2.04. The molecule has 0 bridgehead atoms. The molecule has 2 aromatic heterocycles. The van der Waals surface area contributed by atoms with Gasteiger partial charge in [-0.15, -0.1) is 0 Å². The van der Waals surface area contributed by atoms with Gasteiger partial charge in [-0.3, -0.25) is 4.98 Å². The van der Waals surface area contributed by atoms with Gasteiger partial charge in [-0.2, -0.15) is 0 Å². The Balaban J connectivity index is 0.000000171. The molecule has 6 rings (SSSR count). The van der Waals surface area contributed by atoms with Crippen LogP contribution in [0.3, 0.4) is 0 Å². The molecule has 0 aliphatic heterocycles. The average Bonchev–Trinajstić information content (AvgIpc) is 3.30. The molecule has 1 aliphatic carbocycles. The van der Waals surface area contributed by atoms with Gasteiger partial charge in [0.15, 0.2) is 0 Å². The molecule has 0 saturated heterocycles. The minimum absolute atomic E-state index is 0.731. The van der Waals surface area contributed by atoms with Crippen LogP contribution in [-0.2, 0) is 0 Å². The van der Waals surface area contributed by atoms with Crippen LogP contribution in [0.25, 0.3) is 32.9 Å². The van der Waals surface area contributed by atoms with Crippen molar-refractivity contribution in [3.05, 3.63) is 103 Å². The number of aromatic nitrogens is 2. The van der Waals surface area contributed by atoms with Crippen LogP contribution in [0.5, 0.6) is 0 Å². The summed E-state index contributed by atoms with van der Waals surface area (Å²) in [6.45, 7) is 0. The van der Waals surface area contributed by atoms with Crippen LogP contribution in [0, 0.1) is 0 Å². The van der Waals surface area contributed by atoms with E-state index in [9.17, 15) is 0 Å². The molecule has 1 aliphatic rings. The van der Waals surface area contributed by atoms with Crippen molar-refractivity contribution in [2.75, 3.05) is 0 Å². The van der Waals surface area contributed by atoms with E-state index >= 15 is 0 Å². The summed E-state index contributed by atoms with van der Waals surface area (Å²) in [5.41, 5.74) is 6.40. The summed E-state index contributed by atoms with van der Waals surface area (Å²) >= 11 is 0. The van der Waals surface area contributed by atoms with Crippen molar-refractivity contribution in [3.8, 4) is 11.1 Å². The Morgan fingerprint density at radius 1 is 0.677 bits per heavy atom. The monoisotopic (exact) mass is 404 g/mol. The number of rotatable bonds is 2. The zero-order chi connectivity index (χ0) is 20.9. The van der Waals surface area contributed by atoms with E-state index in [1.165, 1.54) is 65.2 Å². The van der Waals surface area contributed by atoms with Crippen LogP contribution >= 0.6 is 0 Å². The Morgan fingerprint density at radius 3 is 2.26 bits per heavy atom. The minimum atomic E-state index is 0.731. The lowest BCUT2D eigenvalue weighted by Gasteiger charge is -2.20. The first-order chi connectivity index (χ1) is 15.4. The summed E-state index contributed by atoms with van der Waals surface area (Å²) in [6.07, 6.45) is 8.66. The normalized spacial score (nSPS) is 14.3. The van der Waals surface area contributed by atoms with Crippen LogP contribution in [-0.4, -0.2) is 9.97 Å². The van der Waals surface area contributed by atoms with Crippen LogP contribution in [0.1, 0.15) is 43.7 Å². The second kappa shape index (κ2) is 9.18. The fourth-order valence-corrected chi connectivity index (χ4v) is 4.69. The molecule has 1 fully saturated rings. The summed E-state index contributed by atoms with van der Waals surface area (Å²) in [4.78, 5) is 7.91. The largest absolute Gasteiger partial charge is 0.358 e. The SMILES string of the molecule is c1ccc(-c2cccc3cc(C4CCCCC4)[nH]c23)cc1.c1ccc2ncccc2c1. The first-order valence-electron chi connectivity index (χ1n) is 11.4. The van der Waals surface area contributed by atoms with Gasteiger partial charge in [-0.05, 0) is 42.5 Å². The molecule has 5 aromatic rings. The molecule has 1 saturated carbocycles. The zero-order valence-corrected chi connectivity index (χ0v) is 17.8. The fourth-order valence-electron chi connectivity index (χ4n) is 4.69. The Kier molecular flexibility index (Phi) is 5.79. The van der Waals surface area contributed by atoms with E-state index in [1.54, 1.807) is 0 Å². The quantitative estimate of drug-likeness (QED) is 0.316. The smallest absolute Gasteiger partial charge is 0.0701 e. The molecule has 154 valence electrons. The number of hydrogen-bond acceptors (Lipinski definition) is 1. The van der Waals surface area contributed by atoms with Gasteiger partial charge in [-0.1, -0.05) is 92.1 Å². The van der Waals surface area contributed by atoms with Crippen molar-refractivity contribution in [2.24, 2.45) is 0 Å². The summed E-state index contributed by atoms with van der Waals surface area (Å²) < 4.78 is 0. The summed E-state index contributed by atoms with van der Waals surface area (Å²) in [7, 11) is 0. The number of benzene rings is 3. The lowest BCUT2D eigenvalue weighted by molar-refractivity contribution is 0.438. The van der Waals surface area contributed by atoms with E-state index in [-0.39, 0.29) is 0 Å². The van der Waals surface area contributed by atoms with Crippen LogP contribution in [0.4, 0.5) is 0 Å². The highest BCUT2D eigenvalue weighted by atomic mass is 14.7. The maximum absolute atomic E-state index is 4.18. The Labute approximate surface area is 184 Å². The van der Waals surface area contributed by atoms with Crippen molar-refractivity contribution in [2.45, 2.75) is 38.0 Å². The van der Waals surface area contributed by atoms with Gasteiger partial charge in [-0.25, -0.2) is 0 Å². The summed E-state index contributed by atoms with van der Waals surface area (Å²) in [5, 5.41) is 2.54. The lowest BCUT2D eigenvalue weighted by atomic mass is 9.87. The summed E-state index contributed by atoms with van der Waals surface area (Å²) in [5.74, 6) is 0.731. The Bertz CT molecular complexity index is 1200. The van der Waals surface area contributed by atoms with E-state index in [4.69, 9.17) is 0 Å². The van der Waals surface area contributed by atoms with Gasteiger partial charge in [0.2, 0.25) is 0 Å². The maximum Gasteiger partial charge on any atom is 0.0701 e. The third-order valence-electron chi connectivity index (χ3n) is 6.32. The van der Waals surface area contributed by atoms with Crippen molar-refractivity contribution in [1.82, 2.24) is 9.97 Å². The first-order valence-corrected chi connectivity index (χ1v) is 11.4. The molecular formula is C29H28N2. The van der Waals surface area contributed by atoms with Crippen molar-refractivity contribution < 1.29 is 0 Å². The van der Waals surface area contributed by atoms with Gasteiger partial charge >= 0.3 is 0 Å². The van der Waals surface area contributed by atoms with Crippen LogP contribution in [0.2, 0.25) is 0 Å². The van der Waals surface area contributed by atoms with E-state index < -0.39 is 0 Å². The van der Waals surface area contributed by atoms with Crippen LogP contribution in [0.15, 0.2) is 97.2 Å². The maximum atomic E-state index is 4.18. The summed E-state index contributed by atoms with van der Waals surface area (Å²) in [6, 6.07) is 31.8. The number of aromatic amines is 1. The van der Waals surface area contributed by atoms with Crippen molar-refractivity contribution in [3.63, 3.8) is 0 Å². The molecule has 2 heterocycles. The average molecular weight is 405 g/mol. The van der Waals surface area contributed by atoms with E-state index in [0.717, 1.165) is 11.4 Å². The van der Waals surface area contributed by atoms with Crippen LogP contribution < -0.4 is 0 Å². The van der Waals surface area contributed by atoms with Gasteiger partial charge in [0.25, 0.3) is 0 Å². The first kappa shape index (κ1) is 19.6. The number of pyridine rings is 1. The molecule has 2 heteroatoms. The van der Waals surface area contributed by atoms with Crippen molar-refractivity contribution >= 4 is 21.8 Å². The second-order valence-corrected chi connectivity index (χ2v) is 8.39. The van der Waals surface area contributed by atoms with E-state index in [2.05, 4.69) is 76.7 Å². The number of hydrogen-bond donors (Lipinski definition) is 1. The highest BCUT2D eigenvalue weighted by molar-refractivity contribution is 5.94. The zero-order valence-electron chi connectivity index (χ0n) is 17.8. The molecular weight excluding hydrogens is 376 g/mol. The molecule has 0 spiro atoms. The predicted octanol–water partition coefficient (Wildman–Crippen LogP) is 8.12. The van der Waals surface area contributed by atoms with Gasteiger partial charge < -0.3 is 4.98 Å². The standard InChI is InChI=1S/C20H21N.C9H7N/c1-3-8-15(9-4-1)18-13-7-12-17-14-19(21-20(17)18)16-10-5-2-6-11-16;1-2-6-9-8(4-1)5-3-7-10-9/h1,3-4,7-9,12-14,16,21H,2,5-6,10-11H2;1-7H. The fraction of sp³-hybridized carbons (Fsp3) is 0.207. The molecule has 0 unspecified atom stereocenters. The third-order valence-corrected chi connectivity index (χ3v) is 6.32. The van der Waals surface area contributed by atoms with Gasteiger partial charge in [0.05, 0.1) is 11.0 Å². The van der Waals surface area contributed by atoms with Gasteiger partial charge in [0.1, 0.15) is 0 Å². The number of H-pyrrole nitrogens is 1. The Morgan fingerprint density at radius 2 is 1.42 bits per heavy atom. The third kappa shape index (κ3) is 4.39. The number of nitrogens with zero attached hydrogens (tertiary/aromatic N) is 1. The second-order valence-electron chi connectivity index (χ2n) is 8.39. The minimum Gasteiger partial charge on any atom is -0.358 e. The highest BCUT2D eigenvalue weighted by Gasteiger charge is 2.18. The molecule has 2 nitrogen and oxygen atoms in total. The number of nitrogens with one attached hydrogen (secondary N) is 1.